The maximum absolute atomic E-state index is 12.5. The second-order valence-electron chi connectivity index (χ2n) is 6.82. The minimum Gasteiger partial charge on any atom is -0.496 e. The number of carbonyl (C=O) groups is 1. The average Bonchev–Trinajstić information content (AvgIpc) is 2.94. The predicted molar refractivity (Wildman–Crippen MR) is 125 cm³/mol. The third kappa shape index (κ3) is 4.73. The van der Waals surface area contributed by atoms with E-state index in [0.29, 0.717) is 16.4 Å². The zero-order chi connectivity index (χ0) is 21.6. The van der Waals surface area contributed by atoms with E-state index in [2.05, 4.69) is 10.6 Å². The van der Waals surface area contributed by atoms with Crippen molar-refractivity contribution >= 4 is 34.7 Å². The van der Waals surface area contributed by atoms with Crippen molar-refractivity contribution < 1.29 is 14.3 Å². The van der Waals surface area contributed by atoms with Gasteiger partial charge in [0.1, 0.15) is 17.3 Å². The van der Waals surface area contributed by atoms with Gasteiger partial charge in [-0.25, -0.2) is 4.79 Å². The van der Waals surface area contributed by atoms with E-state index >= 15 is 0 Å². The normalized spacial score (nSPS) is 15.1. The Morgan fingerprint density at radius 3 is 2.45 bits per heavy atom. The van der Waals surface area contributed by atoms with Crippen molar-refractivity contribution in [2.24, 2.45) is 4.99 Å². The third-order valence-electron chi connectivity index (χ3n) is 4.78. The summed E-state index contributed by atoms with van der Waals surface area (Å²) in [5.74, 6) is 0.675. The molecule has 31 heavy (non-hydrogen) atoms. The van der Waals surface area contributed by atoms with Crippen LogP contribution in [0.1, 0.15) is 16.7 Å². The smallest absolute Gasteiger partial charge is 0.409 e. The highest BCUT2D eigenvalue weighted by molar-refractivity contribution is 7.80. The molecule has 1 aliphatic rings. The van der Waals surface area contributed by atoms with Crippen LogP contribution in [0.4, 0.5) is 10.5 Å². The highest BCUT2D eigenvalue weighted by atomic mass is 32.1. The summed E-state index contributed by atoms with van der Waals surface area (Å²) in [5.41, 5.74) is 4.02. The Balaban J connectivity index is 1.63. The first-order chi connectivity index (χ1) is 15.2. The molecule has 3 aromatic rings. The van der Waals surface area contributed by atoms with Crippen LogP contribution < -0.4 is 15.4 Å². The molecule has 1 aliphatic heterocycles. The Labute approximate surface area is 185 Å². The Morgan fingerprint density at radius 1 is 1.00 bits per heavy atom. The molecule has 6 nitrogen and oxygen atoms in total. The fraction of sp³-hybridized carbons (Fsp3) is 0.125. The maximum Gasteiger partial charge on any atom is 0.409 e. The van der Waals surface area contributed by atoms with Crippen LogP contribution in [0, 0.1) is 0 Å². The summed E-state index contributed by atoms with van der Waals surface area (Å²) in [6, 6.07) is 24.8. The first-order valence-electron chi connectivity index (χ1n) is 9.74. The molecule has 3 aromatic carbocycles. The summed E-state index contributed by atoms with van der Waals surface area (Å²) in [5, 5.41) is 5.95. The van der Waals surface area contributed by atoms with Gasteiger partial charge in [0.25, 0.3) is 0 Å². The molecule has 0 aromatic heterocycles. The number of fused-ring (bicyclic) bond motifs is 1. The number of methoxy groups -OCH3 is 1. The van der Waals surface area contributed by atoms with Crippen LogP contribution in [-0.2, 0) is 11.3 Å². The van der Waals surface area contributed by atoms with Gasteiger partial charge in [-0.05, 0) is 23.8 Å². The summed E-state index contributed by atoms with van der Waals surface area (Å²) in [6.45, 7) is 0.156. The van der Waals surface area contributed by atoms with Crippen molar-refractivity contribution in [3.05, 3.63) is 95.6 Å². The molecule has 0 bridgehead atoms. The molecule has 1 heterocycles. The lowest BCUT2D eigenvalue weighted by Gasteiger charge is -2.16. The number of thiocarbonyl (C=S) groups is 1. The molecule has 2 N–H and O–H groups in total. The molecular formula is C24H21N3O3S. The number of hydrogen-bond donors (Lipinski definition) is 2. The molecule has 1 amide bonds. The number of para-hydroxylation sites is 2. The van der Waals surface area contributed by atoms with Crippen LogP contribution in [0.3, 0.4) is 0 Å². The minimum atomic E-state index is -0.800. The van der Waals surface area contributed by atoms with Gasteiger partial charge in [0.05, 0.1) is 12.8 Å². The van der Waals surface area contributed by atoms with Gasteiger partial charge in [-0.3, -0.25) is 10.3 Å². The van der Waals surface area contributed by atoms with E-state index in [-0.39, 0.29) is 6.61 Å². The minimum absolute atomic E-state index is 0.156. The molecule has 0 aliphatic carbocycles. The number of nitrogens with one attached hydrogen (secondary N) is 2. The van der Waals surface area contributed by atoms with Gasteiger partial charge in [0, 0.05) is 16.8 Å². The van der Waals surface area contributed by atoms with Crippen molar-refractivity contribution in [2.75, 3.05) is 12.4 Å². The van der Waals surface area contributed by atoms with Crippen molar-refractivity contribution in [1.29, 1.82) is 0 Å². The summed E-state index contributed by atoms with van der Waals surface area (Å²) < 4.78 is 10.9. The fourth-order valence-corrected chi connectivity index (χ4v) is 3.51. The Bertz CT molecular complexity index is 1130. The Morgan fingerprint density at radius 2 is 1.68 bits per heavy atom. The summed E-state index contributed by atoms with van der Waals surface area (Å²) >= 11 is 5.53. The van der Waals surface area contributed by atoms with Crippen molar-refractivity contribution in [3.8, 4) is 5.75 Å². The number of ether oxygens (including phenoxy) is 2. The Kier molecular flexibility index (Phi) is 6.24. The number of rotatable bonds is 5. The number of benzodiazepines with no additional fused rings is 1. The van der Waals surface area contributed by atoms with Gasteiger partial charge in [-0.15, -0.1) is 0 Å². The van der Waals surface area contributed by atoms with Gasteiger partial charge in [0.15, 0.2) is 6.17 Å². The lowest BCUT2D eigenvalue weighted by molar-refractivity contribution is 0.138. The zero-order valence-corrected chi connectivity index (χ0v) is 17.7. The molecule has 1 unspecified atom stereocenters. The zero-order valence-electron chi connectivity index (χ0n) is 16.9. The van der Waals surface area contributed by atoms with Crippen molar-refractivity contribution in [3.63, 3.8) is 0 Å². The largest absolute Gasteiger partial charge is 0.496 e. The second-order valence-corrected chi connectivity index (χ2v) is 7.26. The number of amides is 1. The molecule has 0 fully saturated rings. The molecule has 0 saturated heterocycles. The molecule has 1 atom stereocenters. The van der Waals surface area contributed by atoms with Crippen LogP contribution in [-0.4, -0.2) is 30.1 Å². The van der Waals surface area contributed by atoms with Gasteiger partial charge < -0.3 is 14.8 Å². The van der Waals surface area contributed by atoms with Crippen LogP contribution in [0.5, 0.6) is 5.75 Å². The molecule has 4 rings (SSSR count). The number of anilines is 1. The monoisotopic (exact) mass is 431 g/mol. The van der Waals surface area contributed by atoms with E-state index in [0.717, 1.165) is 22.4 Å². The van der Waals surface area contributed by atoms with Crippen molar-refractivity contribution in [1.82, 2.24) is 5.32 Å². The van der Waals surface area contributed by atoms with E-state index < -0.39 is 12.3 Å². The van der Waals surface area contributed by atoms with E-state index in [1.165, 1.54) is 0 Å². The lowest BCUT2D eigenvalue weighted by Crippen LogP contribution is -2.41. The molecule has 0 radical (unpaired) electrons. The van der Waals surface area contributed by atoms with Crippen LogP contribution in [0.2, 0.25) is 0 Å². The summed E-state index contributed by atoms with van der Waals surface area (Å²) in [4.78, 5) is 17.6. The number of aliphatic imine (C=N–C) groups is 1. The topological polar surface area (TPSA) is 72.0 Å². The van der Waals surface area contributed by atoms with Gasteiger partial charge in [-0.1, -0.05) is 72.9 Å². The quantitative estimate of drug-likeness (QED) is 0.581. The maximum atomic E-state index is 12.5. The number of carbonyl (C=O) groups excluding carboxylic acids is 1. The second kappa shape index (κ2) is 9.40. The van der Waals surface area contributed by atoms with Gasteiger partial charge in [0.2, 0.25) is 0 Å². The predicted octanol–water partition coefficient (Wildman–Crippen LogP) is 4.54. The van der Waals surface area contributed by atoms with Crippen molar-refractivity contribution in [2.45, 2.75) is 12.8 Å². The first-order valence-corrected chi connectivity index (χ1v) is 10.1. The molecule has 156 valence electrons. The van der Waals surface area contributed by atoms with E-state index in [1.54, 1.807) is 7.11 Å². The third-order valence-corrected chi connectivity index (χ3v) is 5.10. The highest BCUT2D eigenvalue weighted by Gasteiger charge is 2.26. The molecular weight excluding hydrogens is 410 g/mol. The van der Waals surface area contributed by atoms with Gasteiger partial charge >= 0.3 is 6.09 Å². The fourth-order valence-electron chi connectivity index (χ4n) is 3.29. The van der Waals surface area contributed by atoms with Crippen LogP contribution >= 0.6 is 12.2 Å². The van der Waals surface area contributed by atoms with Crippen LogP contribution in [0.25, 0.3) is 0 Å². The first kappa shape index (κ1) is 20.6. The van der Waals surface area contributed by atoms with E-state index in [1.807, 2.05) is 78.9 Å². The number of benzene rings is 3. The lowest BCUT2D eigenvalue weighted by atomic mass is 10.00. The van der Waals surface area contributed by atoms with E-state index in [4.69, 9.17) is 26.7 Å². The number of nitrogens with zero attached hydrogens (tertiary/aromatic N) is 1. The SMILES string of the molecule is COc1ccccc1C1=NC(NC(=O)OCc2ccccc2)C(=S)Nc2ccccc21. The van der Waals surface area contributed by atoms with E-state index in [9.17, 15) is 4.79 Å². The molecule has 0 saturated carbocycles. The van der Waals surface area contributed by atoms with Crippen LogP contribution in [0.15, 0.2) is 83.9 Å². The molecule has 0 spiro atoms. The standard InChI is InChI=1S/C24H21N3O3S/c1-29-20-14-8-6-12-18(20)21-17-11-5-7-13-19(17)25-23(31)22(26-21)27-24(28)30-15-16-9-3-2-4-10-16/h2-14,22H,15H2,1H3,(H,25,31)(H,27,28). The summed E-state index contributed by atoms with van der Waals surface area (Å²) in [7, 11) is 1.61. The average molecular weight is 432 g/mol. The van der Waals surface area contributed by atoms with Gasteiger partial charge in [-0.2, -0.15) is 0 Å². The summed E-state index contributed by atoms with van der Waals surface area (Å²) in [6.07, 6.45) is -1.40. The Hall–Kier alpha value is -3.71. The number of hydrogen-bond acceptors (Lipinski definition) is 5. The number of alkyl carbamates (subject to hydrolysis) is 1. The highest BCUT2D eigenvalue weighted by Crippen LogP contribution is 2.28. The molecule has 7 heteroatoms.